The van der Waals surface area contributed by atoms with Gasteiger partial charge in [0.15, 0.2) is 6.29 Å². The first kappa shape index (κ1) is 23.4. The average Bonchev–Trinajstić information content (AvgIpc) is 3.33. The van der Waals surface area contributed by atoms with Crippen molar-refractivity contribution in [1.82, 2.24) is 4.98 Å². The van der Waals surface area contributed by atoms with Gasteiger partial charge < -0.3 is 20.3 Å². The Kier molecular flexibility index (Phi) is 7.77. The number of hydrogen-bond donors (Lipinski definition) is 2. The van der Waals surface area contributed by atoms with Crippen LogP contribution in [0.25, 0.3) is 5.57 Å². The van der Waals surface area contributed by atoms with Crippen LogP contribution in [0.2, 0.25) is 0 Å². The van der Waals surface area contributed by atoms with E-state index < -0.39 is 12.1 Å². The lowest BCUT2D eigenvalue weighted by Gasteiger charge is -2.23. The van der Waals surface area contributed by atoms with E-state index in [0.29, 0.717) is 38.2 Å². The highest BCUT2D eigenvalue weighted by atomic mass is 19.1. The van der Waals surface area contributed by atoms with Gasteiger partial charge in [-0.15, -0.1) is 0 Å². The van der Waals surface area contributed by atoms with Crippen molar-refractivity contribution in [3.63, 3.8) is 0 Å². The van der Waals surface area contributed by atoms with Crippen LogP contribution in [0.1, 0.15) is 29.5 Å². The van der Waals surface area contributed by atoms with Gasteiger partial charge in [0.05, 0.1) is 18.9 Å². The number of aliphatic hydroxyl groups excluding tert-OH is 1. The summed E-state index contributed by atoms with van der Waals surface area (Å²) in [5, 5.41) is 10.3. The Morgan fingerprint density at radius 1 is 1.36 bits per heavy atom. The summed E-state index contributed by atoms with van der Waals surface area (Å²) in [5.41, 5.74) is 10.2. The summed E-state index contributed by atoms with van der Waals surface area (Å²) in [4.78, 5) is 16.7. The first-order valence-corrected chi connectivity index (χ1v) is 11.3. The molecule has 3 atom stereocenters. The molecular weight excluding hydrogens is 423 g/mol. The molecule has 33 heavy (non-hydrogen) atoms. The van der Waals surface area contributed by atoms with Crippen LogP contribution in [0.15, 0.2) is 60.5 Å². The molecule has 7 heteroatoms. The molecule has 1 aliphatic heterocycles. The van der Waals surface area contributed by atoms with Crippen LogP contribution < -0.4 is 5.73 Å². The summed E-state index contributed by atoms with van der Waals surface area (Å²) >= 11 is 0. The van der Waals surface area contributed by atoms with Crippen LogP contribution in [0.4, 0.5) is 4.39 Å². The van der Waals surface area contributed by atoms with E-state index in [2.05, 4.69) is 4.98 Å². The van der Waals surface area contributed by atoms with Crippen molar-refractivity contribution in [3.05, 3.63) is 83.0 Å². The van der Waals surface area contributed by atoms with Crippen molar-refractivity contribution in [2.24, 2.45) is 11.7 Å². The van der Waals surface area contributed by atoms with E-state index in [-0.39, 0.29) is 24.2 Å². The molecule has 1 aliphatic carbocycles. The molecule has 1 aromatic heterocycles. The summed E-state index contributed by atoms with van der Waals surface area (Å²) in [6.07, 6.45) is 7.04. The molecule has 0 spiro atoms. The number of aromatic nitrogens is 1. The number of nitrogens with zero attached hydrogens (tertiary/aromatic N) is 1. The number of halogens is 1. The number of rotatable bonds is 9. The molecule has 2 heterocycles. The molecular formula is C26H29FN2O4. The number of ether oxygens (including phenoxy) is 2. The Balaban J connectivity index is 1.46. The van der Waals surface area contributed by atoms with Crippen LogP contribution in [0.5, 0.6) is 0 Å². The molecule has 2 aromatic rings. The normalized spacial score (nSPS) is 21.4. The van der Waals surface area contributed by atoms with Crippen LogP contribution in [0.3, 0.4) is 0 Å². The summed E-state index contributed by atoms with van der Waals surface area (Å²) < 4.78 is 24.9. The second-order valence-corrected chi connectivity index (χ2v) is 8.47. The Morgan fingerprint density at radius 3 is 3.00 bits per heavy atom. The fourth-order valence-electron chi connectivity index (χ4n) is 4.31. The Labute approximate surface area is 192 Å². The fraction of sp³-hybridized carbons (Fsp3) is 0.385. The summed E-state index contributed by atoms with van der Waals surface area (Å²) in [5.74, 6) is -0.881. The summed E-state index contributed by atoms with van der Waals surface area (Å²) in [7, 11) is 0. The second-order valence-electron chi connectivity index (χ2n) is 8.47. The van der Waals surface area contributed by atoms with Crippen LogP contribution in [-0.2, 0) is 27.1 Å². The zero-order valence-corrected chi connectivity index (χ0v) is 18.5. The minimum Gasteiger partial charge on any atom is -0.379 e. The SMILES string of the molecule is NCC1=C(c2cccc(CC(O)OC3CCOC3)c2)CC(C(=O)Cc2ccncc2F)C=C1. The number of Topliss-reactive ketones (excluding diaryl/α,β-unsaturated/α-hetero) is 1. The number of nitrogens with two attached hydrogens (primary N) is 1. The quantitative estimate of drug-likeness (QED) is 0.568. The van der Waals surface area contributed by atoms with Crippen molar-refractivity contribution in [3.8, 4) is 0 Å². The molecule has 4 rings (SSSR count). The molecule has 2 aliphatic rings. The average molecular weight is 453 g/mol. The Bertz CT molecular complexity index is 1050. The van der Waals surface area contributed by atoms with E-state index in [1.165, 1.54) is 12.3 Å². The van der Waals surface area contributed by atoms with Crippen molar-refractivity contribution >= 4 is 11.4 Å². The van der Waals surface area contributed by atoms with Crippen LogP contribution in [0, 0.1) is 11.7 Å². The molecule has 1 fully saturated rings. The largest absolute Gasteiger partial charge is 0.379 e. The molecule has 0 bridgehead atoms. The zero-order chi connectivity index (χ0) is 23.2. The van der Waals surface area contributed by atoms with Crippen molar-refractivity contribution < 1.29 is 23.8 Å². The number of ketones is 1. The van der Waals surface area contributed by atoms with E-state index in [1.54, 1.807) is 0 Å². The fourth-order valence-corrected chi connectivity index (χ4v) is 4.31. The van der Waals surface area contributed by atoms with Crippen LogP contribution >= 0.6 is 0 Å². The maximum Gasteiger partial charge on any atom is 0.159 e. The highest BCUT2D eigenvalue weighted by molar-refractivity contribution is 5.88. The summed E-state index contributed by atoms with van der Waals surface area (Å²) in [6.45, 7) is 1.52. The predicted octanol–water partition coefficient (Wildman–Crippen LogP) is 2.99. The van der Waals surface area contributed by atoms with E-state index in [0.717, 1.165) is 34.9 Å². The van der Waals surface area contributed by atoms with Crippen molar-refractivity contribution in [2.45, 2.75) is 38.1 Å². The van der Waals surface area contributed by atoms with Gasteiger partial charge in [0, 0.05) is 38.1 Å². The Morgan fingerprint density at radius 2 is 2.24 bits per heavy atom. The third kappa shape index (κ3) is 6.00. The van der Waals surface area contributed by atoms with Gasteiger partial charge >= 0.3 is 0 Å². The van der Waals surface area contributed by atoms with Crippen LogP contribution in [-0.4, -0.2) is 48.0 Å². The van der Waals surface area contributed by atoms with E-state index >= 15 is 0 Å². The van der Waals surface area contributed by atoms with E-state index in [4.69, 9.17) is 15.2 Å². The molecule has 0 amide bonds. The lowest BCUT2D eigenvalue weighted by Crippen LogP contribution is -2.24. The zero-order valence-electron chi connectivity index (χ0n) is 18.5. The van der Waals surface area contributed by atoms with Gasteiger partial charge in [0.25, 0.3) is 0 Å². The molecule has 3 unspecified atom stereocenters. The predicted molar refractivity (Wildman–Crippen MR) is 123 cm³/mol. The highest BCUT2D eigenvalue weighted by Crippen LogP contribution is 2.33. The summed E-state index contributed by atoms with van der Waals surface area (Å²) in [6, 6.07) is 9.40. The first-order valence-electron chi connectivity index (χ1n) is 11.3. The minimum atomic E-state index is -0.911. The maximum atomic E-state index is 14.0. The van der Waals surface area contributed by atoms with Gasteiger partial charge in [0.2, 0.25) is 0 Å². The number of hydrogen-bond acceptors (Lipinski definition) is 6. The molecule has 1 saturated heterocycles. The lowest BCUT2D eigenvalue weighted by molar-refractivity contribution is -0.133. The molecule has 3 N–H and O–H groups in total. The maximum absolute atomic E-state index is 14.0. The van der Waals surface area contributed by atoms with Crippen molar-refractivity contribution in [1.29, 1.82) is 0 Å². The number of carbonyl (C=O) groups is 1. The van der Waals surface area contributed by atoms with E-state index in [9.17, 15) is 14.3 Å². The van der Waals surface area contributed by atoms with Gasteiger partial charge in [0.1, 0.15) is 11.6 Å². The molecule has 0 saturated carbocycles. The lowest BCUT2D eigenvalue weighted by atomic mass is 9.82. The molecule has 6 nitrogen and oxygen atoms in total. The third-order valence-corrected chi connectivity index (χ3v) is 6.12. The topological polar surface area (TPSA) is 94.7 Å². The standard InChI is InChI=1S/C26H29FN2O4/c27-24-15-29-8-6-19(24)13-25(30)20-4-5-21(14-28)23(12-20)18-3-1-2-17(10-18)11-26(31)33-22-7-9-32-16-22/h1-6,8,10,15,20,22,26,31H,7,9,11-14,16,28H2. The number of pyridine rings is 1. The molecule has 0 radical (unpaired) electrons. The van der Waals surface area contributed by atoms with Crippen molar-refractivity contribution in [2.75, 3.05) is 19.8 Å². The minimum absolute atomic E-state index is 0.0169. The van der Waals surface area contributed by atoms with Gasteiger partial charge in [-0.2, -0.15) is 0 Å². The monoisotopic (exact) mass is 452 g/mol. The van der Waals surface area contributed by atoms with Gasteiger partial charge in [-0.25, -0.2) is 4.39 Å². The number of benzene rings is 1. The Hall–Kier alpha value is -2.71. The molecule has 174 valence electrons. The van der Waals surface area contributed by atoms with E-state index in [1.807, 2.05) is 36.4 Å². The number of carbonyl (C=O) groups excluding carboxylic acids is 1. The number of aliphatic hydroxyl groups is 1. The van der Waals surface area contributed by atoms with Gasteiger partial charge in [-0.1, -0.05) is 36.4 Å². The molecule has 1 aromatic carbocycles. The van der Waals surface area contributed by atoms with Gasteiger partial charge in [-0.05, 0) is 46.7 Å². The number of allylic oxidation sites excluding steroid dienone is 2. The smallest absolute Gasteiger partial charge is 0.159 e. The third-order valence-electron chi connectivity index (χ3n) is 6.12. The second kappa shape index (κ2) is 10.9. The highest BCUT2D eigenvalue weighted by Gasteiger charge is 2.24. The first-order chi connectivity index (χ1) is 16.0. The van der Waals surface area contributed by atoms with Gasteiger partial charge in [-0.3, -0.25) is 9.78 Å².